The lowest BCUT2D eigenvalue weighted by atomic mass is 10.00. The van der Waals surface area contributed by atoms with Crippen LogP contribution in [0, 0.1) is 13.8 Å². The van der Waals surface area contributed by atoms with E-state index in [1.165, 1.54) is 11.1 Å². The molecule has 0 saturated carbocycles. The first-order valence-electron chi connectivity index (χ1n) is 6.52. The third-order valence-electron chi connectivity index (χ3n) is 3.54. The quantitative estimate of drug-likeness (QED) is 0.842. The number of carboxylic acid groups (broad SMARTS) is 1. The highest BCUT2D eigenvalue weighted by Crippen LogP contribution is 2.14. The van der Waals surface area contributed by atoms with Gasteiger partial charge >= 0.3 is 5.97 Å². The summed E-state index contributed by atoms with van der Waals surface area (Å²) in [4.78, 5) is 13.4. The van der Waals surface area contributed by atoms with Crippen molar-refractivity contribution in [2.45, 2.75) is 40.2 Å². The third-order valence-corrected chi connectivity index (χ3v) is 3.54. The van der Waals surface area contributed by atoms with Crippen LogP contribution in [0.5, 0.6) is 0 Å². The molecule has 0 aliphatic rings. The van der Waals surface area contributed by atoms with Crippen LogP contribution in [0.4, 0.5) is 0 Å². The largest absolute Gasteiger partial charge is 0.480 e. The molecule has 1 N–H and O–H groups in total. The van der Waals surface area contributed by atoms with E-state index in [1.807, 2.05) is 24.8 Å². The fourth-order valence-corrected chi connectivity index (χ4v) is 2.19. The molecule has 0 unspecified atom stereocenters. The van der Waals surface area contributed by atoms with Crippen molar-refractivity contribution in [2.75, 3.05) is 13.1 Å². The number of rotatable bonds is 6. The molecule has 3 heteroatoms. The average Bonchev–Trinajstić information content (AvgIpc) is 2.33. The zero-order valence-corrected chi connectivity index (χ0v) is 11.7. The number of hydrogen-bond acceptors (Lipinski definition) is 2. The van der Waals surface area contributed by atoms with Gasteiger partial charge in [-0.3, -0.25) is 9.69 Å². The van der Waals surface area contributed by atoms with Crippen molar-refractivity contribution in [1.29, 1.82) is 0 Å². The number of carbonyl (C=O) groups is 1. The first-order valence-corrected chi connectivity index (χ1v) is 6.52. The molecule has 100 valence electrons. The van der Waals surface area contributed by atoms with Crippen molar-refractivity contribution in [2.24, 2.45) is 0 Å². The number of aryl methyl sites for hydroxylation is 2. The van der Waals surface area contributed by atoms with Gasteiger partial charge < -0.3 is 5.11 Å². The average molecular weight is 249 g/mol. The monoisotopic (exact) mass is 249 g/mol. The van der Waals surface area contributed by atoms with E-state index in [9.17, 15) is 9.90 Å². The molecule has 0 aliphatic heterocycles. The van der Waals surface area contributed by atoms with Crippen molar-refractivity contribution in [3.8, 4) is 0 Å². The zero-order valence-electron chi connectivity index (χ0n) is 11.7. The fraction of sp³-hybridized carbons (Fsp3) is 0.533. The maximum atomic E-state index is 11.4. The Morgan fingerprint density at radius 1 is 1.22 bits per heavy atom. The number of aliphatic carboxylic acids is 1. The molecule has 18 heavy (non-hydrogen) atoms. The Bertz CT molecular complexity index is 411. The lowest BCUT2D eigenvalue weighted by molar-refractivity contribution is -0.143. The molecule has 0 bridgehead atoms. The summed E-state index contributed by atoms with van der Waals surface area (Å²) in [5.41, 5.74) is 3.56. The highest BCUT2D eigenvalue weighted by atomic mass is 16.4. The van der Waals surface area contributed by atoms with Crippen LogP contribution in [0.15, 0.2) is 18.2 Å². The predicted molar refractivity (Wildman–Crippen MR) is 74.0 cm³/mol. The van der Waals surface area contributed by atoms with Gasteiger partial charge in [0.05, 0.1) is 0 Å². The van der Waals surface area contributed by atoms with E-state index >= 15 is 0 Å². The van der Waals surface area contributed by atoms with E-state index in [-0.39, 0.29) is 0 Å². The molecule has 0 radical (unpaired) electrons. The number of hydrogen-bond donors (Lipinski definition) is 1. The molecule has 0 aromatic heterocycles. The summed E-state index contributed by atoms with van der Waals surface area (Å²) >= 11 is 0. The number of nitrogens with zero attached hydrogens (tertiary/aromatic N) is 1. The molecular weight excluding hydrogens is 226 g/mol. The summed E-state index contributed by atoms with van der Waals surface area (Å²) in [6, 6.07) is 5.75. The Kier molecular flexibility index (Phi) is 5.35. The van der Waals surface area contributed by atoms with Crippen molar-refractivity contribution < 1.29 is 9.90 Å². The molecule has 3 nitrogen and oxygen atoms in total. The summed E-state index contributed by atoms with van der Waals surface area (Å²) in [6.07, 6.45) is 0.568. The van der Waals surface area contributed by atoms with Gasteiger partial charge in [0.15, 0.2) is 0 Å². The van der Waals surface area contributed by atoms with Crippen LogP contribution >= 0.6 is 0 Å². The molecule has 0 fully saturated rings. The molecule has 1 aromatic rings. The van der Waals surface area contributed by atoms with Crippen LogP contribution in [-0.4, -0.2) is 35.1 Å². The Labute approximate surface area is 109 Å². The van der Waals surface area contributed by atoms with E-state index in [0.717, 1.165) is 18.7 Å². The lowest BCUT2D eigenvalue weighted by Crippen LogP contribution is -2.42. The molecule has 0 amide bonds. The van der Waals surface area contributed by atoms with Crippen molar-refractivity contribution in [1.82, 2.24) is 4.90 Å². The normalized spacial score (nSPS) is 12.7. The summed E-state index contributed by atoms with van der Waals surface area (Å²) in [5, 5.41) is 9.35. The second-order valence-electron chi connectivity index (χ2n) is 4.70. The van der Waals surface area contributed by atoms with Crippen LogP contribution in [0.1, 0.15) is 30.5 Å². The van der Waals surface area contributed by atoms with Gasteiger partial charge in [-0.05, 0) is 50.0 Å². The highest BCUT2D eigenvalue weighted by Gasteiger charge is 2.23. The molecule has 1 atom stereocenters. The standard InChI is InChI=1S/C15H23NO2/c1-5-16(6-2)14(15(17)18)10-13-8-7-11(3)12(4)9-13/h7-9,14H,5-6,10H2,1-4H3,(H,17,18)/t14-/m0/s1. The SMILES string of the molecule is CCN(CC)[C@@H](Cc1ccc(C)c(C)c1)C(=O)O. The lowest BCUT2D eigenvalue weighted by Gasteiger charge is -2.26. The van der Waals surface area contributed by atoms with Crippen LogP contribution in [0.3, 0.4) is 0 Å². The second kappa shape index (κ2) is 6.55. The number of benzene rings is 1. The first kappa shape index (κ1) is 14.7. The van der Waals surface area contributed by atoms with Gasteiger partial charge in [-0.25, -0.2) is 0 Å². The predicted octanol–water partition coefficient (Wildman–Crippen LogP) is 2.64. The van der Waals surface area contributed by atoms with E-state index < -0.39 is 12.0 Å². The molecule has 0 heterocycles. The van der Waals surface area contributed by atoms with Gasteiger partial charge in [-0.15, -0.1) is 0 Å². The Hall–Kier alpha value is -1.35. The van der Waals surface area contributed by atoms with E-state index in [1.54, 1.807) is 0 Å². The highest BCUT2D eigenvalue weighted by molar-refractivity contribution is 5.74. The van der Waals surface area contributed by atoms with Crippen LogP contribution in [0.25, 0.3) is 0 Å². The molecular formula is C15H23NO2. The van der Waals surface area contributed by atoms with E-state index in [0.29, 0.717) is 6.42 Å². The summed E-state index contributed by atoms with van der Waals surface area (Å²) < 4.78 is 0. The van der Waals surface area contributed by atoms with Gasteiger partial charge in [0.25, 0.3) is 0 Å². The zero-order chi connectivity index (χ0) is 13.7. The Morgan fingerprint density at radius 3 is 2.28 bits per heavy atom. The van der Waals surface area contributed by atoms with Crippen molar-refractivity contribution >= 4 is 5.97 Å². The Balaban J connectivity index is 2.89. The minimum absolute atomic E-state index is 0.429. The van der Waals surface area contributed by atoms with Gasteiger partial charge in [0.2, 0.25) is 0 Å². The van der Waals surface area contributed by atoms with Gasteiger partial charge in [-0.2, -0.15) is 0 Å². The number of likely N-dealkylation sites (N-methyl/N-ethyl adjacent to an activating group) is 1. The smallest absolute Gasteiger partial charge is 0.321 e. The molecule has 1 rings (SSSR count). The van der Waals surface area contributed by atoms with Gasteiger partial charge in [0, 0.05) is 0 Å². The topological polar surface area (TPSA) is 40.5 Å². The summed E-state index contributed by atoms with van der Waals surface area (Å²) in [7, 11) is 0. The molecule has 0 spiro atoms. The minimum Gasteiger partial charge on any atom is -0.480 e. The Morgan fingerprint density at radius 2 is 1.83 bits per heavy atom. The van der Waals surface area contributed by atoms with Crippen molar-refractivity contribution in [3.05, 3.63) is 34.9 Å². The number of carboxylic acids is 1. The fourth-order valence-electron chi connectivity index (χ4n) is 2.19. The maximum Gasteiger partial charge on any atom is 0.321 e. The summed E-state index contributed by atoms with van der Waals surface area (Å²) in [6.45, 7) is 9.65. The maximum absolute atomic E-state index is 11.4. The first-order chi connectivity index (χ1) is 8.49. The molecule has 0 aliphatic carbocycles. The summed E-state index contributed by atoms with van der Waals surface area (Å²) in [5.74, 6) is -0.739. The van der Waals surface area contributed by atoms with Gasteiger partial charge in [0.1, 0.15) is 6.04 Å². The van der Waals surface area contributed by atoms with E-state index in [2.05, 4.69) is 26.0 Å². The third kappa shape index (κ3) is 3.57. The van der Waals surface area contributed by atoms with Crippen LogP contribution < -0.4 is 0 Å². The van der Waals surface area contributed by atoms with Crippen LogP contribution in [0.2, 0.25) is 0 Å². The van der Waals surface area contributed by atoms with Gasteiger partial charge in [-0.1, -0.05) is 32.0 Å². The molecule has 0 saturated heterocycles. The van der Waals surface area contributed by atoms with Crippen molar-refractivity contribution in [3.63, 3.8) is 0 Å². The van der Waals surface area contributed by atoms with Crippen LogP contribution in [-0.2, 0) is 11.2 Å². The second-order valence-corrected chi connectivity index (χ2v) is 4.70. The van der Waals surface area contributed by atoms with E-state index in [4.69, 9.17) is 0 Å². The minimum atomic E-state index is -0.739. The molecule has 1 aromatic carbocycles.